The predicted molar refractivity (Wildman–Crippen MR) is 110 cm³/mol. The smallest absolute Gasteiger partial charge is 0.334 e. The third-order valence-corrected chi connectivity index (χ3v) is 5.96. The molecule has 0 bridgehead atoms. The van der Waals surface area contributed by atoms with Crippen LogP contribution in [0.1, 0.15) is 31.4 Å². The number of imidazole rings is 1. The van der Waals surface area contributed by atoms with E-state index in [9.17, 15) is 9.59 Å². The van der Waals surface area contributed by atoms with Gasteiger partial charge in [0.25, 0.3) is 0 Å². The molecule has 1 amide bonds. The molecule has 1 aromatic carbocycles. The van der Waals surface area contributed by atoms with Crippen LogP contribution in [0.4, 0.5) is 0 Å². The molecule has 0 radical (unpaired) electrons. The molecule has 1 N–H and O–H groups in total. The number of aromatic nitrogens is 2. The van der Waals surface area contributed by atoms with E-state index in [1.54, 1.807) is 21.3 Å². The van der Waals surface area contributed by atoms with Crippen LogP contribution in [0.5, 0.6) is 0 Å². The first-order valence-electron chi connectivity index (χ1n) is 10.1. The van der Waals surface area contributed by atoms with E-state index in [0.29, 0.717) is 24.2 Å². The van der Waals surface area contributed by atoms with E-state index in [-0.39, 0.29) is 17.5 Å². The lowest BCUT2D eigenvalue weighted by Gasteiger charge is -2.31. The molecule has 0 spiro atoms. The van der Waals surface area contributed by atoms with Gasteiger partial charge in [0.1, 0.15) is 0 Å². The minimum Gasteiger partial charge on any atom is -0.356 e. The maximum absolute atomic E-state index is 12.9. The van der Waals surface area contributed by atoms with Gasteiger partial charge in [-0.25, -0.2) is 4.79 Å². The standard InChI is InChI=1S/C21H27ClN4O2/c1-15-12-25(21(28)26(15)19-8-6-18(22)7-9-19)14-24-10-2-3-17(13-24)20(27)23-11-16-4-5-16/h6-9,12,16-17H,2-5,10-11,13-14H2,1H3,(H,23,27). The largest absolute Gasteiger partial charge is 0.356 e. The average molecular weight is 403 g/mol. The van der Waals surface area contributed by atoms with Gasteiger partial charge < -0.3 is 5.32 Å². The number of halogens is 1. The van der Waals surface area contributed by atoms with Crippen LogP contribution in [0.15, 0.2) is 35.3 Å². The maximum atomic E-state index is 12.9. The molecule has 2 aromatic rings. The van der Waals surface area contributed by atoms with E-state index in [4.69, 9.17) is 11.6 Å². The van der Waals surface area contributed by atoms with Gasteiger partial charge in [0.05, 0.1) is 18.3 Å². The number of carbonyl (C=O) groups excluding carboxylic acids is 1. The van der Waals surface area contributed by atoms with Crippen molar-refractivity contribution in [2.24, 2.45) is 11.8 Å². The predicted octanol–water partition coefficient (Wildman–Crippen LogP) is 2.80. The molecule has 1 aromatic heterocycles. The van der Waals surface area contributed by atoms with Crippen LogP contribution < -0.4 is 11.0 Å². The maximum Gasteiger partial charge on any atom is 0.334 e. The third-order valence-electron chi connectivity index (χ3n) is 5.71. The Bertz CT molecular complexity index is 898. The number of nitrogens with one attached hydrogen (secondary N) is 1. The molecule has 2 heterocycles. The molecule has 1 unspecified atom stereocenters. The molecule has 4 rings (SSSR count). The van der Waals surface area contributed by atoms with Gasteiger partial charge in [0, 0.05) is 30.0 Å². The summed E-state index contributed by atoms with van der Waals surface area (Å²) in [5.41, 5.74) is 1.62. The zero-order valence-corrected chi connectivity index (χ0v) is 17.0. The van der Waals surface area contributed by atoms with Crippen molar-refractivity contribution in [1.82, 2.24) is 19.4 Å². The van der Waals surface area contributed by atoms with E-state index in [1.165, 1.54) is 12.8 Å². The highest BCUT2D eigenvalue weighted by Crippen LogP contribution is 2.28. The van der Waals surface area contributed by atoms with Crippen molar-refractivity contribution >= 4 is 17.5 Å². The number of rotatable bonds is 6. The molecule has 1 saturated carbocycles. The number of likely N-dealkylation sites (tertiary alicyclic amines) is 1. The Morgan fingerprint density at radius 1 is 1.21 bits per heavy atom. The van der Waals surface area contributed by atoms with E-state index in [0.717, 1.165) is 37.3 Å². The molecule has 150 valence electrons. The molecule has 28 heavy (non-hydrogen) atoms. The monoisotopic (exact) mass is 402 g/mol. The fraction of sp³-hybridized carbons (Fsp3) is 0.524. The average Bonchev–Trinajstić information content (AvgIpc) is 3.47. The first-order valence-corrected chi connectivity index (χ1v) is 10.4. The zero-order valence-electron chi connectivity index (χ0n) is 16.2. The molecule has 1 saturated heterocycles. The van der Waals surface area contributed by atoms with Crippen LogP contribution in [-0.2, 0) is 11.5 Å². The number of piperidine rings is 1. The van der Waals surface area contributed by atoms with Crippen molar-refractivity contribution in [1.29, 1.82) is 0 Å². The normalized spacial score (nSPS) is 20.3. The Balaban J connectivity index is 1.43. The van der Waals surface area contributed by atoms with Crippen LogP contribution in [-0.4, -0.2) is 39.6 Å². The molecular formula is C21H27ClN4O2. The summed E-state index contributed by atoms with van der Waals surface area (Å²) in [6, 6.07) is 7.27. The Morgan fingerprint density at radius 3 is 2.68 bits per heavy atom. The van der Waals surface area contributed by atoms with Gasteiger partial charge >= 0.3 is 5.69 Å². The highest BCUT2D eigenvalue weighted by atomic mass is 35.5. The highest BCUT2D eigenvalue weighted by molar-refractivity contribution is 6.30. The lowest BCUT2D eigenvalue weighted by atomic mass is 9.97. The SMILES string of the molecule is Cc1cn(CN2CCCC(C(=O)NCC3CC3)C2)c(=O)n1-c1ccc(Cl)cc1. The van der Waals surface area contributed by atoms with E-state index >= 15 is 0 Å². The highest BCUT2D eigenvalue weighted by Gasteiger charge is 2.28. The molecule has 1 aliphatic heterocycles. The Hall–Kier alpha value is -2.05. The van der Waals surface area contributed by atoms with Crippen LogP contribution in [0.2, 0.25) is 5.02 Å². The Morgan fingerprint density at radius 2 is 1.96 bits per heavy atom. The molecule has 7 heteroatoms. The number of benzene rings is 1. The van der Waals surface area contributed by atoms with Crippen LogP contribution in [0.25, 0.3) is 5.69 Å². The third kappa shape index (κ3) is 4.33. The van der Waals surface area contributed by atoms with Gasteiger partial charge in [0.15, 0.2) is 0 Å². The van der Waals surface area contributed by atoms with Gasteiger partial charge in [-0.05, 0) is 69.3 Å². The Labute approximate surface area is 170 Å². The van der Waals surface area contributed by atoms with Gasteiger partial charge in [-0.1, -0.05) is 11.6 Å². The van der Waals surface area contributed by atoms with Gasteiger partial charge in [-0.3, -0.25) is 18.8 Å². The summed E-state index contributed by atoms with van der Waals surface area (Å²) in [6.07, 6.45) is 6.27. The molecular weight excluding hydrogens is 376 g/mol. The number of hydrogen-bond donors (Lipinski definition) is 1. The summed E-state index contributed by atoms with van der Waals surface area (Å²) in [5, 5.41) is 3.75. The van der Waals surface area contributed by atoms with E-state index < -0.39 is 0 Å². The van der Waals surface area contributed by atoms with Crippen LogP contribution in [0, 0.1) is 18.8 Å². The molecule has 2 fully saturated rings. The molecule has 1 atom stereocenters. The Kier molecular flexibility index (Phi) is 5.60. The minimum absolute atomic E-state index is 0.0163. The second-order valence-electron chi connectivity index (χ2n) is 8.08. The minimum atomic E-state index is -0.0693. The topological polar surface area (TPSA) is 59.3 Å². The van der Waals surface area contributed by atoms with Crippen molar-refractivity contribution in [3.8, 4) is 5.69 Å². The fourth-order valence-electron chi connectivity index (χ4n) is 3.95. The molecule has 6 nitrogen and oxygen atoms in total. The van der Waals surface area contributed by atoms with E-state index in [1.807, 2.05) is 25.3 Å². The second kappa shape index (κ2) is 8.13. The summed E-state index contributed by atoms with van der Waals surface area (Å²) in [4.78, 5) is 27.6. The molecule has 1 aliphatic carbocycles. The van der Waals surface area contributed by atoms with Crippen molar-refractivity contribution in [2.75, 3.05) is 19.6 Å². The summed E-state index contributed by atoms with van der Waals surface area (Å²) in [6.45, 7) is 4.86. The lowest BCUT2D eigenvalue weighted by Crippen LogP contribution is -2.45. The first-order chi connectivity index (χ1) is 13.5. The van der Waals surface area contributed by atoms with E-state index in [2.05, 4.69) is 10.2 Å². The number of nitrogens with zero attached hydrogens (tertiary/aromatic N) is 3. The summed E-state index contributed by atoms with van der Waals surface area (Å²) < 4.78 is 3.43. The van der Waals surface area contributed by atoms with Gasteiger partial charge in [0.2, 0.25) is 5.91 Å². The lowest BCUT2D eigenvalue weighted by molar-refractivity contribution is -0.127. The first kappa shape index (κ1) is 19.3. The number of aryl methyl sites for hydroxylation is 1. The quantitative estimate of drug-likeness (QED) is 0.808. The fourth-order valence-corrected chi connectivity index (χ4v) is 4.07. The number of amides is 1. The van der Waals surface area contributed by atoms with Crippen LogP contribution >= 0.6 is 11.6 Å². The van der Waals surface area contributed by atoms with Crippen molar-refractivity contribution in [3.05, 3.63) is 51.7 Å². The number of carbonyl (C=O) groups is 1. The van der Waals surface area contributed by atoms with Gasteiger partial charge in [-0.15, -0.1) is 0 Å². The van der Waals surface area contributed by atoms with Crippen molar-refractivity contribution in [3.63, 3.8) is 0 Å². The summed E-state index contributed by atoms with van der Waals surface area (Å²) >= 11 is 5.96. The van der Waals surface area contributed by atoms with Crippen molar-refractivity contribution < 1.29 is 4.79 Å². The summed E-state index contributed by atoms with van der Waals surface area (Å²) in [5.74, 6) is 0.874. The van der Waals surface area contributed by atoms with Gasteiger partial charge in [-0.2, -0.15) is 0 Å². The second-order valence-corrected chi connectivity index (χ2v) is 8.52. The number of hydrogen-bond acceptors (Lipinski definition) is 3. The van der Waals surface area contributed by atoms with Crippen LogP contribution in [0.3, 0.4) is 0 Å². The molecule has 2 aliphatic rings. The zero-order chi connectivity index (χ0) is 19.7. The summed E-state index contributed by atoms with van der Waals surface area (Å²) in [7, 11) is 0. The van der Waals surface area contributed by atoms with Crippen molar-refractivity contribution in [2.45, 2.75) is 39.3 Å².